The van der Waals surface area contributed by atoms with E-state index in [1.54, 1.807) is 0 Å². The molecule has 3 nitrogen and oxygen atoms in total. The maximum absolute atomic E-state index is 10.7. The first-order chi connectivity index (χ1) is 7.18. The highest BCUT2D eigenvalue weighted by Gasteiger charge is 2.24. The number of rotatable bonds is 2. The smallest absolute Gasteiger partial charge is 0.303 e. The van der Waals surface area contributed by atoms with Crippen LogP contribution in [0.3, 0.4) is 0 Å². The number of hydrogen-bond donors (Lipinski definition) is 2. The molecule has 0 saturated carbocycles. The van der Waals surface area contributed by atoms with Crippen molar-refractivity contribution >= 4 is 11.7 Å². The van der Waals surface area contributed by atoms with E-state index in [-0.39, 0.29) is 12.3 Å². The lowest BCUT2D eigenvalue weighted by Gasteiger charge is -2.25. The minimum absolute atomic E-state index is 0.104. The summed E-state index contributed by atoms with van der Waals surface area (Å²) in [6.45, 7) is 0. The number of aliphatic carboxylic acids is 1. The molecule has 3 heteroatoms. The first kappa shape index (κ1) is 10.0. The van der Waals surface area contributed by atoms with Gasteiger partial charge in [-0.2, -0.15) is 0 Å². The number of fused-ring (bicyclic) bond motifs is 1. The molecule has 1 atom stereocenters. The van der Waals surface area contributed by atoms with Gasteiger partial charge in [0.15, 0.2) is 0 Å². The molecule has 1 aliphatic carbocycles. The quantitative estimate of drug-likeness (QED) is 0.727. The average Bonchev–Trinajstić information content (AvgIpc) is 2.17. The highest BCUT2D eigenvalue weighted by Crippen LogP contribution is 2.37. The zero-order valence-electron chi connectivity index (χ0n) is 8.57. The summed E-state index contributed by atoms with van der Waals surface area (Å²) in [4.78, 5) is 10.7. The van der Waals surface area contributed by atoms with Crippen LogP contribution in [0.4, 0.5) is 5.69 Å². The number of anilines is 1. The monoisotopic (exact) mass is 205 g/mol. The van der Waals surface area contributed by atoms with Gasteiger partial charge in [-0.05, 0) is 42.4 Å². The first-order valence-electron chi connectivity index (χ1n) is 5.27. The second kappa shape index (κ2) is 3.93. The number of nitrogen functional groups attached to an aromatic ring is 1. The Bertz CT molecular complexity index is 387. The lowest BCUT2D eigenvalue weighted by atomic mass is 9.80. The van der Waals surface area contributed by atoms with Crippen molar-refractivity contribution in [2.75, 3.05) is 5.73 Å². The molecule has 0 fully saturated rings. The van der Waals surface area contributed by atoms with E-state index in [0.717, 1.165) is 30.5 Å². The Morgan fingerprint density at radius 2 is 2.33 bits per heavy atom. The maximum Gasteiger partial charge on any atom is 0.303 e. The SMILES string of the molecule is Nc1cccc2c1C(CC(=O)O)CCC2. The summed E-state index contributed by atoms with van der Waals surface area (Å²) in [6, 6.07) is 5.86. The zero-order valence-corrected chi connectivity index (χ0v) is 8.57. The predicted octanol–water partition coefficient (Wildman–Crippen LogP) is 2.16. The van der Waals surface area contributed by atoms with Gasteiger partial charge >= 0.3 is 5.97 Å². The van der Waals surface area contributed by atoms with Gasteiger partial charge in [0.1, 0.15) is 0 Å². The third-order valence-corrected chi connectivity index (χ3v) is 3.06. The van der Waals surface area contributed by atoms with Crippen molar-refractivity contribution in [2.45, 2.75) is 31.6 Å². The van der Waals surface area contributed by atoms with Gasteiger partial charge in [0.2, 0.25) is 0 Å². The molecule has 0 aromatic heterocycles. The minimum Gasteiger partial charge on any atom is -0.481 e. The molecule has 0 aliphatic heterocycles. The van der Waals surface area contributed by atoms with E-state index in [0.29, 0.717) is 0 Å². The largest absolute Gasteiger partial charge is 0.481 e. The van der Waals surface area contributed by atoms with E-state index in [9.17, 15) is 4.79 Å². The van der Waals surface area contributed by atoms with Crippen LogP contribution in [0.5, 0.6) is 0 Å². The summed E-state index contributed by atoms with van der Waals surface area (Å²) in [5.74, 6) is -0.636. The number of carboxylic acids is 1. The molecule has 0 saturated heterocycles. The van der Waals surface area contributed by atoms with Gasteiger partial charge in [0.05, 0.1) is 6.42 Å². The van der Waals surface area contributed by atoms with E-state index < -0.39 is 5.97 Å². The molecule has 0 bridgehead atoms. The van der Waals surface area contributed by atoms with Crippen LogP contribution in [-0.4, -0.2) is 11.1 Å². The van der Waals surface area contributed by atoms with Crippen LogP contribution in [-0.2, 0) is 11.2 Å². The van der Waals surface area contributed by atoms with Crippen LogP contribution in [0, 0.1) is 0 Å². The van der Waals surface area contributed by atoms with Gasteiger partial charge in [0.25, 0.3) is 0 Å². The lowest BCUT2D eigenvalue weighted by Crippen LogP contribution is -2.15. The number of hydrogen-bond acceptors (Lipinski definition) is 2. The number of carboxylic acid groups (broad SMARTS) is 1. The topological polar surface area (TPSA) is 63.3 Å². The molecular formula is C12H15NO2. The van der Waals surface area contributed by atoms with Crippen molar-refractivity contribution in [3.05, 3.63) is 29.3 Å². The Morgan fingerprint density at radius 3 is 3.07 bits per heavy atom. The van der Waals surface area contributed by atoms with Crippen LogP contribution in [0.15, 0.2) is 18.2 Å². The van der Waals surface area contributed by atoms with Crippen molar-refractivity contribution in [1.82, 2.24) is 0 Å². The molecule has 0 spiro atoms. The number of carbonyl (C=O) groups is 1. The van der Waals surface area contributed by atoms with Gasteiger partial charge in [-0.1, -0.05) is 12.1 Å². The predicted molar refractivity (Wildman–Crippen MR) is 58.8 cm³/mol. The zero-order chi connectivity index (χ0) is 10.8. The van der Waals surface area contributed by atoms with Gasteiger partial charge in [0, 0.05) is 5.69 Å². The van der Waals surface area contributed by atoms with Crippen LogP contribution in [0.25, 0.3) is 0 Å². The van der Waals surface area contributed by atoms with E-state index in [4.69, 9.17) is 10.8 Å². The first-order valence-corrected chi connectivity index (χ1v) is 5.27. The van der Waals surface area contributed by atoms with E-state index in [2.05, 4.69) is 6.07 Å². The molecule has 15 heavy (non-hydrogen) atoms. The standard InChI is InChI=1S/C12H15NO2/c13-10-6-2-4-8-3-1-5-9(12(8)10)7-11(14)15/h2,4,6,9H,1,3,5,7,13H2,(H,14,15). The fourth-order valence-electron chi connectivity index (χ4n) is 2.45. The summed E-state index contributed by atoms with van der Waals surface area (Å²) in [6.07, 6.45) is 3.22. The molecule has 80 valence electrons. The third kappa shape index (κ3) is 1.96. The highest BCUT2D eigenvalue weighted by atomic mass is 16.4. The van der Waals surface area contributed by atoms with Crippen LogP contribution < -0.4 is 5.73 Å². The van der Waals surface area contributed by atoms with Crippen molar-refractivity contribution in [1.29, 1.82) is 0 Å². The number of benzene rings is 1. The molecule has 2 rings (SSSR count). The highest BCUT2D eigenvalue weighted by molar-refractivity contribution is 5.69. The molecule has 0 amide bonds. The number of aryl methyl sites for hydroxylation is 1. The molecule has 1 aromatic carbocycles. The summed E-state index contributed by atoms with van der Waals surface area (Å²) >= 11 is 0. The fraction of sp³-hybridized carbons (Fsp3) is 0.417. The van der Waals surface area contributed by atoms with Gasteiger partial charge < -0.3 is 10.8 Å². The van der Waals surface area contributed by atoms with E-state index in [1.807, 2.05) is 12.1 Å². The second-order valence-electron chi connectivity index (χ2n) is 4.11. The Kier molecular flexibility index (Phi) is 2.62. The van der Waals surface area contributed by atoms with Gasteiger partial charge in [-0.15, -0.1) is 0 Å². The van der Waals surface area contributed by atoms with Crippen molar-refractivity contribution < 1.29 is 9.90 Å². The summed E-state index contributed by atoms with van der Waals surface area (Å²) in [5.41, 5.74) is 8.97. The Hall–Kier alpha value is -1.51. The average molecular weight is 205 g/mol. The maximum atomic E-state index is 10.7. The molecule has 3 N–H and O–H groups in total. The van der Waals surface area contributed by atoms with Crippen LogP contribution >= 0.6 is 0 Å². The lowest BCUT2D eigenvalue weighted by molar-refractivity contribution is -0.137. The Morgan fingerprint density at radius 1 is 1.53 bits per heavy atom. The second-order valence-corrected chi connectivity index (χ2v) is 4.11. The van der Waals surface area contributed by atoms with Gasteiger partial charge in [-0.25, -0.2) is 0 Å². The number of nitrogens with two attached hydrogens (primary N) is 1. The molecule has 0 heterocycles. The molecular weight excluding hydrogens is 190 g/mol. The minimum atomic E-state index is -0.740. The Balaban J connectivity index is 2.36. The molecule has 1 aliphatic rings. The van der Waals surface area contributed by atoms with E-state index >= 15 is 0 Å². The summed E-state index contributed by atoms with van der Waals surface area (Å²) in [7, 11) is 0. The Labute approximate surface area is 88.9 Å². The van der Waals surface area contributed by atoms with E-state index in [1.165, 1.54) is 5.56 Å². The summed E-state index contributed by atoms with van der Waals surface area (Å²) in [5, 5.41) is 8.84. The van der Waals surface area contributed by atoms with Crippen molar-refractivity contribution in [3.63, 3.8) is 0 Å². The fourth-order valence-corrected chi connectivity index (χ4v) is 2.45. The van der Waals surface area contributed by atoms with Crippen LogP contribution in [0.1, 0.15) is 36.3 Å². The van der Waals surface area contributed by atoms with Crippen molar-refractivity contribution in [3.8, 4) is 0 Å². The van der Waals surface area contributed by atoms with Gasteiger partial charge in [-0.3, -0.25) is 4.79 Å². The molecule has 0 radical (unpaired) electrons. The third-order valence-electron chi connectivity index (χ3n) is 3.06. The normalized spacial score (nSPS) is 19.6. The molecule has 1 unspecified atom stereocenters. The summed E-state index contributed by atoms with van der Waals surface area (Å²) < 4.78 is 0. The molecule has 1 aromatic rings. The van der Waals surface area contributed by atoms with Crippen molar-refractivity contribution in [2.24, 2.45) is 0 Å². The van der Waals surface area contributed by atoms with Crippen LogP contribution in [0.2, 0.25) is 0 Å².